The van der Waals surface area contributed by atoms with Gasteiger partial charge >= 0.3 is 6.03 Å². The molecule has 0 saturated carbocycles. The van der Waals surface area contributed by atoms with E-state index in [-0.39, 0.29) is 6.03 Å². The average molecular weight is 422 g/mol. The Morgan fingerprint density at radius 3 is 2.45 bits per heavy atom. The van der Waals surface area contributed by atoms with Gasteiger partial charge in [-0.15, -0.1) is 0 Å². The first-order valence-electron chi connectivity index (χ1n) is 10.2. The average Bonchev–Trinajstić information content (AvgIpc) is 3.14. The SMILES string of the molecule is COc1cc2c(cc1OC)CN(C(=O)NCc1ccc(-n3nc(C)cc3C)nc1)CC2. The van der Waals surface area contributed by atoms with Crippen molar-refractivity contribution in [2.75, 3.05) is 20.8 Å². The first kappa shape index (κ1) is 20.7. The van der Waals surface area contributed by atoms with Crippen LogP contribution in [0.15, 0.2) is 36.5 Å². The molecule has 3 heterocycles. The normalized spacial score (nSPS) is 13.0. The predicted octanol–water partition coefficient (Wildman–Crippen LogP) is 3.17. The molecular formula is C23H27N5O3. The second-order valence-corrected chi connectivity index (χ2v) is 7.67. The van der Waals surface area contributed by atoms with E-state index in [1.165, 1.54) is 5.56 Å². The molecule has 3 aromatic rings. The Balaban J connectivity index is 1.38. The molecule has 1 aliphatic heterocycles. The summed E-state index contributed by atoms with van der Waals surface area (Å²) in [5.41, 5.74) is 5.18. The number of fused-ring (bicyclic) bond motifs is 1. The zero-order valence-corrected chi connectivity index (χ0v) is 18.3. The number of carbonyl (C=O) groups is 1. The van der Waals surface area contributed by atoms with Gasteiger partial charge in [0.2, 0.25) is 0 Å². The summed E-state index contributed by atoms with van der Waals surface area (Å²) in [5.74, 6) is 2.16. The molecule has 0 fully saturated rings. The standard InChI is InChI=1S/C23H27N5O3/c1-15-9-16(2)28(26-15)22-6-5-17(12-24-22)13-25-23(29)27-8-7-18-10-20(30-3)21(31-4)11-19(18)14-27/h5-6,9-12H,7-8,13-14H2,1-4H3,(H,25,29). The van der Waals surface area contributed by atoms with Crippen molar-refractivity contribution in [1.82, 2.24) is 25.0 Å². The number of nitrogens with one attached hydrogen (secondary N) is 1. The van der Waals surface area contributed by atoms with Crippen molar-refractivity contribution in [3.05, 3.63) is 64.6 Å². The second kappa shape index (κ2) is 8.67. The third-order valence-electron chi connectivity index (χ3n) is 5.48. The Morgan fingerprint density at radius 2 is 1.84 bits per heavy atom. The fourth-order valence-corrected chi connectivity index (χ4v) is 3.85. The van der Waals surface area contributed by atoms with Crippen LogP contribution < -0.4 is 14.8 Å². The first-order valence-corrected chi connectivity index (χ1v) is 10.2. The third kappa shape index (κ3) is 4.33. The monoisotopic (exact) mass is 421 g/mol. The van der Waals surface area contributed by atoms with Gasteiger partial charge in [-0.25, -0.2) is 14.5 Å². The van der Waals surface area contributed by atoms with Gasteiger partial charge in [-0.05, 0) is 61.2 Å². The number of nitrogens with zero attached hydrogens (tertiary/aromatic N) is 4. The number of methoxy groups -OCH3 is 2. The maximum atomic E-state index is 12.7. The Morgan fingerprint density at radius 1 is 1.10 bits per heavy atom. The smallest absolute Gasteiger partial charge is 0.317 e. The fraction of sp³-hybridized carbons (Fsp3) is 0.348. The van der Waals surface area contributed by atoms with Gasteiger partial charge in [-0.2, -0.15) is 5.10 Å². The van der Waals surface area contributed by atoms with E-state index >= 15 is 0 Å². The summed E-state index contributed by atoms with van der Waals surface area (Å²) in [6.07, 6.45) is 2.55. The fourth-order valence-electron chi connectivity index (χ4n) is 3.85. The van der Waals surface area contributed by atoms with Crippen LogP contribution in [0.25, 0.3) is 5.82 Å². The Hall–Kier alpha value is -3.55. The highest BCUT2D eigenvalue weighted by Crippen LogP contribution is 2.33. The molecule has 2 aromatic heterocycles. The molecular weight excluding hydrogens is 394 g/mol. The second-order valence-electron chi connectivity index (χ2n) is 7.67. The van der Waals surface area contributed by atoms with Gasteiger partial charge in [0, 0.05) is 31.5 Å². The first-order chi connectivity index (χ1) is 15.0. The molecule has 8 heteroatoms. The topological polar surface area (TPSA) is 81.5 Å². The lowest BCUT2D eigenvalue weighted by Crippen LogP contribution is -2.42. The number of pyridine rings is 1. The number of benzene rings is 1. The summed E-state index contributed by atoms with van der Waals surface area (Å²) in [5, 5.41) is 7.44. The Kier molecular flexibility index (Phi) is 5.79. The summed E-state index contributed by atoms with van der Waals surface area (Å²) in [6.45, 7) is 5.57. The maximum Gasteiger partial charge on any atom is 0.317 e. The minimum atomic E-state index is -0.0944. The van der Waals surface area contributed by atoms with Crippen LogP contribution in [-0.2, 0) is 19.5 Å². The highest BCUT2D eigenvalue weighted by molar-refractivity contribution is 5.74. The molecule has 0 spiro atoms. The lowest BCUT2D eigenvalue weighted by Gasteiger charge is -2.29. The molecule has 0 radical (unpaired) electrons. The summed E-state index contributed by atoms with van der Waals surface area (Å²) in [4.78, 5) is 19.0. The number of rotatable bonds is 5. The van der Waals surface area contributed by atoms with Crippen molar-refractivity contribution in [3.8, 4) is 17.3 Å². The van der Waals surface area contributed by atoms with Gasteiger partial charge in [0.15, 0.2) is 17.3 Å². The van der Waals surface area contributed by atoms with E-state index in [1.807, 2.05) is 53.8 Å². The van der Waals surface area contributed by atoms with Crippen molar-refractivity contribution >= 4 is 6.03 Å². The minimum absolute atomic E-state index is 0.0944. The number of aryl methyl sites for hydroxylation is 2. The molecule has 8 nitrogen and oxygen atoms in total. The van der Waals surface area contributed by atoms with Crippen LogP contribution in [0.1, 0.15) is 28.1 Å². The van der Waals surface area contributed by atoms with E-state index in [2.05, 4.69) is 15.4 Å². The lowest BCUT2D eigenvalue weighted by molar-refractivity contribution is 0.191. The molecule has 0 aliphatic carbocycles. The third-order valence-corrected chi connectivity index (χ3v) is 5.48. The van der Waals surface area contributed by atoms with Gasteiger partial charge in [0.25, 0.3) is 0 Å². The van der Waals surface area contributed by atoms with Gasteiger partial charge in [-0.3, -0.25) is 0 Å². The van der Waals surface area contributed by atoms with Crippen LogP contribution in [-0.4, -0.2) is 46.5 Å². The molecule has 1 aliphatic rings. The van der Waals surface area contributed by atoms with Crippen molar-refractivity contribution in [2.24, 2.45) is 0 Å². The van der Waals surface area contributed by atoms with Crippen LogP contribution in [0.2, 0.25) is 0 Å². The number of carbonyl (C=O) groups excluding carboxylic acids is 1. The summed E-state index contributed by atoms with van der Waals surface area (Å²) in [7, 11) is 3.25. The molecule has 162 valence electrons. The quantitative estimate of drug-likeness (QED) is 0.684. The van der Waals surface area contributed by atoms with Gasteiger partial charge in [-0.1, -0.05) is 6.07 Å². The van der Waals surface area contributed by atoms with Crippen LogP contribution in [0.3, 0.4) is 0 Å². The summed E-state index contributed by atoms with van der Waals surface area (Å²) >= 11 is 0. The van der Waals surface area contributed by atoms with Crippen molar-refractivity contribution < 1.29 is 14.3 Å². The highest BCUT2D eigenvalue weighted by atomic mass is 16.5. The van der Waals surface area contributed by atoms with E-state index in [1.54, 1.807) is 20.4 Å². The largest absolute Gasteiger partial charge is 0.493 e. The van der Waals surface area contributed by atoms with Crippen LogP contribution >= 0.6 is 0 Å². The predicted molar refractivity (Wildman–Crippen MR) is 117 cm³/mol. The number of urea groups is 1. The van der Waals surface area contributed by atoms with E-state index in [0.29, 0.717) is 25.4 Å². The minimum Gasteiger partial charge on any atom is -0.493 e. The number of aromatic nitrogens is 3. The van der Waals surface area contributed by atoms with Crippen LogP contribution in [0.5, 0.6) is 11.5 Å². The molecule has 0 unspecified atom stereocenters. The maximum absolute atomic E-state index is 12.7. The molecule has 1 N–H and O–H groups in total. The van der Waals surface area contributed by atoms with Crippen molar-refractivity contribution in [1.29, 1.82) is 0 Å². The molecule has 31 heavy (non-hydrogen) atoms. The summed E-state index contributed by atoms with van der Waals surface area (Å²) in [6, 6.07) is 9.75. The van der Waals surface area contributed by atoms with Gasteiger partial charge in [0.05, 0.1) is 19.9 Å². The van der Waals surface area contributed by atoms with Crippen LogP contribution in [0, 0.1) is 13.8 Å². The van der Waals surface area contributed by atoms with Crippen molar-refractivity contribution in [2.45, 2.75) is 33.4 Å². The highest BCUT2D eigenvalue weighted by Gasteiger charge is 2.22. The number of hydrogen-bond acceptors (Lipinski definition) is 5. The van der Waals surface area contributed by atoms with Crippen LogP contribution in [0.4, 0.5) is 4.79 Å². The molecule has 2 amide bonds. The van der Waals surface area contributed by atoms with Crippen molar-refractivity contribution in [3.63, 3.8) is 0 Å². The lowest BCUT2D eigenvalue weighted by atomic mass is 9.99. The zero-order valence-electron chi connectivity index (χ0n) is 18.3. The van der Waals surface area contributed by atoms with E-state index in [0.717, 1.165) is 40.5 Å². The van der Waals surface area contributed by atoms with Gasteiger partial charge < -0.3 is 19.7 Å². The number of hydrogen-bond donors (Lipinski definition) is 1. The molecule has 0 bridgehead atoms. The molecule has 1 aromatic carbocycles. The van der Waals surface area contributed by atoms with E-state index in [9.17, 15) is 4.79 Å². The zero-order chi connectivity index (χ0) is 22.0. The Labute approximate surface area is 181 Å². The Bertz CT molecular complexity index is 1090. The van der Waals surface area contributed by atoms with E-state index in [4.69, 9.17) is 9.47 Å². The van der Waals surface area contributed by atoms with Gasteiger partial charge in [0.1, 0.15) is 0 Å². The number of ether oxygens (including phenoxy) is 2. The molecule has 0 atom stereocenters. The summed E-state index contributed by atoms with van der Waals surface area (Å²) < 4.78 is 12.6. The van der Waals surface area contributed by atoms with E-state index < -0.39 is 0 Å². The number of amides is 2. The molecule has 4 rings (SSSR count). The molecule has 0 saturated heterocycles.